The number of benzene rings is 1. The van der Waals surface area contributed by atoms with E-state index in [9.17, 15) is 9.59 Å². The van der Waals surface area contributed by atoms with Crippen LogP contribution in [0.15, 0.2) is 48.7 Å². The van der Waals surface area contributed by atoms with Gasteiger partial charge in [0.1, 0.15) is 11.4 Å². The van der Waals surface area contributed by atoms with Gasteiger partial charge in [0.15, 0.2) is 0 Å². The topological polar surface area (TPSA) is 62.7 Å². The van der Waals surface area contributed by atoms with Crippen molar-refractivity contribution < 1.29 is 14.3 Å². The van der Waals surface area contributed by atoms with Crippen LogP contribution in [0, 0.1) is 5.92 Å². The highest BCUT2D eigenvalue weighted by molar-refractivity contribution is 5.94. The highest BCUT2D eigenvalue weighted by Gasteiger charge is 2.30. The second-order valence-electron chi connectivity index (χ2n) is 9.81. The molecule has 0 bridgehead atoms. The third-order valence-electron chi connectivity index (χ3n) is 5.38. The van der Waals surface area contributed by atoms with Crippen LogP contribution in [0.1, 0.15) is 75.8 Å². The van der Waals surface area contributed by atoms with Gasteiger partial charge in [-0.2, -0.15) is 0 Å². The van der Waals surface area contributed by atoms with Gasteiger partial charge in [0.25, 0.3) is 5.91 Å². The van der Waals surface area contributed by atoms with E-state index >= 15 is 0 Å². The van der Waals surface area contributed by atoms with Crippen molar-refractivity contribution in [1.82, 2.24) is 9.88 Å². The summed E-state index contributed by atoms with van der Waals surface area (Å²) in [7, 11) is 0. The number of hydrogen-bond acceptors (Lipinski definition) is 4. The summed E-state index contributed by atoms with van der Waals surface area (Å²) in [6, 6.07) is 13.3. The Morgan fingerprint density at radius 3 is 2.44 bits per heavy atom. The fraction of sp³-hybridized carbons (Fsp3) is 0.500. The van der Waals surface area contributed by atoms with Crippen molar-refractivity contribution in [2.24, 2.45) is 5.92 Å². The van der Waals surface area contributed by atoms with Gasteiger partial charge in [-0.05, 0) is 69.7 Å². The zero-order valence-corrected chi connectivity index (χ0v) is 19.9. The number of anilines is 1. The van der Waals surface area contributed by atoms with Gasteiger partial charge in [0.2, 0.25) is 0 Å². The molecule has 1 saturated heterocycles. The molecule has 6 heteroatoms. The molecule has 0 unspecified atom stereocenters. The number of likely N-dealkylation sites (tertiary alicyclic amines) is 1. The quantitative estimate of drug-likeness (QED) is 0.589. The molecule has 3 rings (SSSR count). The lowest BCUT2D eigenvalue weighted by Gasteiger charge is -2.36. The number of carbonyl (C=O) groups is 2. The minimum atomic E-state index is -0.577. The summed E-state index contributed by atoms with van der Waals surface area (Å²) in [5.41, 5.74) is 1.12. The van der Waals surface area contributed by atoms with E-state index in [0.29, 0.717) is 17.9 Å². The fourth-order valence-electron chi connectivity index (χ4n) is 3.97. The maximum absolute atomic E-state index is 13.1. The van der Waals surface area contributed by atoms with E-state index in [0.717, 1.165) is 31.4 Å². The molecule has 0 saturated carbocycles. The van der Waals surface area contributed by atoms with Crippen LogP contribution in [0.5, 0.6) is 0 Å². The summed E-state index contributed by atoms with van der Waals surface area (Å²) >= 11 is 0. The zero-order valence-electron chi connectivity index (χ0n) is 19.9. The van der Waals surface area contributed by atoms with E-state index in [1.54, 1.807) is 11.1 Å². The summed E-state index contributed by atoms with van der Waals surface area (Å²) in [4.78, 5) is 34.1. The van der Waals surface area contributed by atoms with Crippen molar-refractivity contribution in [3.63, 3.8) is 0 Å². The smallest absolute Gasteiger partial charge is 0.416 e. The number of piperidine rings is 1. The van der Waals surface area contributed by atoms with Gasteiger partial charge >= 0.3 is 6.09 Å². The van der Waals surface area contributed by atoms with Gasteiger partial charge in [0.05, 0.1) is 6.04 Å². The van der Waals surface area contributed by atoms with Crippen molar-refractivity contribution in [2.75, 3.05) is 18.0 Å². The molecule has 0 N–H and O–H groups in total. The maximum Gasteiger partial charge on any atom is 0.416 e. The molecule has 1 atom stereocenters. The number of ether oxygens (including phenoxy) is 1. The molecule has 32 heavy (non-hydrogen) atoms. The summed E-state index contributed by atoms with van der Waals surface area (Å²) in [5.74, 6) is 0.879. The lowest BCUT2D eigenvalue weighted by atomic mass is 9.95. The molecule has 2 heterocycles. The van der Waals surface area contributed by atoms with Crippen LogP contribution in [0.3, 0.4) is 0 Å². The molecule has 1 aromatic carbocycles. The SMILES string of the molecule is CC(C)CN(C(=O)OC(C)(C)C)c1ccc([C@H]2CCCCN2C(=O)c2ccccc2)cn1. The van der Waals surface area contributed by atoms with Gasteiger partial charge in [-0.1, -0.05) is 38.1 Å². The Balaban J connectivity index is 1.82. The number of carbonyl (C=O) groups excluding carboxylic acids is 2. The molecule has 1 aliphatic rings. The monoisotopic (exact) mass is 437 g/mol. The van der Waals surface area contributed by atoms with Gasteiger partial charge in [0, 0.05) is 24.8 Å². The van der Waals surface area contributed by atoms with Crippen molar-refractivity contribution in [3.8, 4) is 0 Å². The zero-order chi connectivity index (χ0) is 23.3. The van der Waals surface area contributed by atoms with Crippen LogP contribution >= 0.6 is 0 Å². The summed E-state index contributed by atoms with van der Waals surface area (Å²) in [5, 5.41) is 0. The number of hydrogen-bond donors (Lipinski definition) is 0. The highest BCUT2D eigenvalue weighted by Crippen LogP contribution is 2.32. The average molecular weight is 438 g/mol. The van der Waals surface area contributed by atoms with Crippen molar-refractivity contribution in [1.29, 1.82) is 0 Å². The van der Waals surface area contributed by atoms with Crippen LogP contribution in [0.2, 0.25) is 0 Å². The minimum Gasteiger partial charge on any atom is -0.443 e. The molecular weight excluding hydrogens is 402 g/mol. The number of pyridine rings is 1. The Morgan fingerprint density at radius 1 is 1.12 bits per heavy atom. The van der Waals surface area contributed by atoms with Crippen LogP contribution < -0.4 is 4.90 Å². The van der Waals surface area contributed by atoms with E-state index in [4.69, 9.17) is 4.74 Å². The maximum atomic E-state index is 13.1. The first-order valence-electron chi connectivity index (χ1n) is 11.5. The highest BCUT2D eigenvalue weighted by atomic mass is 16.6. The second kappa shape index (κ2) is 10.2. The minimum absolute atomic E-state index is 0.0157. The average Bonchev–Trinajstić information content (AvgIpc) is 2.76. The standard InChI is InChI=1S/C26H35N3O3/c1-19(2)18-29(25(31)32-26(3,4)5)23-15-14-21(17-27-23)22-13-9-10-16-28(22)24(30)20-11-7-6-8-12-20/h6-8,11-12,14-15,17,19,22H,9-10,13,16,18H2,1-5H3/t22-/m1/s1. The Morgan fingerprint density at radius 2 is 1.84 bits per heavy atom. The lowest BCUT2D eigenvalue weighted by Crippen LogP contribution is -2.40. The van der Waals surface area contributed by atoms with Crippen LogP contribution in [0.25, 0.3) is 0 Å². The molecule has 172 valence electrons. The number of rotatable bonds is 5. The Kier molecular flexibility index (Phi) is 7.54. The van der Waals surface area contributed by atoms with Gasteiger partial charge < -0.3 is 9.64 Å². The third-order valence-corrected chi connectivity index (χ3v) is 5.38. The first-order chi connectivity index (χ1) is 15.2. The molecule has 0 radical (unpaired) electrons. The predicted molar refractivity (Wildman–Crippen MR) is 127 cm³/mol. The summed E-state index contributed by atoms with van der Waals surface area (Å²) < 4.78 is 5.59. The Labute approximate surface area is 191 Å². The van der Waals surface area contributed by atoms with Crippen molar-refractivity contribution in [2.45, 2.75) is 65.5 Å². The molecule has 1 aliphatic heterocycles. The number of aromatic nitrogens is 1. The molecule has 2 aromatic rings. The van der Waals surface area contributed by atoms with Crippen molar-refractivity contribution in [3.05, 3.63) is 59.8 Å². The van der Waals surface area contributed by atoms with Crippen LogP contribution in [-0.4, -0.2) is 40.6 Å². The molecule has 6 nitrogen and oxygen atoms in total. The van der Waals surface area contributed by atoms with E-state index in [1.165, 1.54) is 0 Å². The van der Waals surface area contributed by atoms with Crippen LogP contribution in [0.4, 0.5) is 10.6 Å². The summed E-state index contributed by atoms with van der Waals surface area (Å²) in [6.45, 7) is 10.9. The van der Waals surface area contributed by atoms with Crippen molar-refractivity contribution >= 4 is 17.8 Å². The van der Waals surface area contributed by atoms with E-state index < -0.39 is 11.7 Å². The van der Waals surface area contributed by atoms with Crippen LogP contribution in [-0.2, 0) is 4.74 Å². The molecule has 1 aromatic heterocycles. The molecule has 2 amide bonds. The Hall–Kier alpha value is -2.89. The summed E-state index contributed by atoms with van der Waals surface area (Å²) in [6.07, 6.45) is 4.38. The molecule has 0 aliphatic carbocycles. The lowest BCUT2D eigenvalue weighted by molar-refractivity contribution is 0.0574. The first kappa shape index (κ1) is 23.8. The third kappa shape index (κ3) is 6.09. The first-order valence-corrected chi connectivity index (χ1v) is 11.5. The fourth-order valence-corrected chi connectivity index (χ4v) is 3.97. The largest absolute Gasteiger partial charge is 0.443 e. The predicted octanol–water partition coefficient (Wildman–Crippen LogP) is 5.85. The number of amides is 2. The normalized spacial score (nSPS) is 16.7. The molecule has 1 fully saturated rings. The Bertz CT molecular complexity index is 904. The van der Waals surface area contributed by atoms with Gasteiger partial charge in [-0.3, -0.25) is 9.69 Å². The van der Waals surface area contributed by atoms with Gasteiger partial charge in [-0.15, -0.1) is 0 Å². The molecular formula is C26H35N3O3. The van der Waals surface area contributed by atoms with Gasteiger partial charge in [-0.25, -0.2) is 9.78 Å². The number of nitrogens with zero attached hydrogens (tertiary/aromatic N) is 3. The van der Waals surface area contributed by atoms with E-state index in [-0.39, 0.29) is 17.9 Å². The van der Waals surface area contributed by atoms with E-state index in [2.05, 4.69) is 18.8 Å². The van der Waals surface area contributed by atoms with E-state index in [1.807, 2.05) is 68.1 Å². The molecule has 0 spiro atoms. The second-order valence-corrected chi connectivity index (χ2v) is 9.81.